The van der Waals surface area contributed by atoms with Crippen molar-refractivity contribution in [2.75, 3.05) is 6.61 Å². The van der Waals surface area contributed by atoms with Crippen LogP contribution in [0.15, 0.2) is 0 Å². The maximum absolute atomic E-state index is 12.3. The lowest BCUT2D eigenvalue weighted by Crippen LogP contribution is -2.62. The number of rotatable bonds is 1. The van der Waals surface area contributed by atoms with E-state index in [0.29, 0.717) is 19.4 Å². The van der Waals surface area contributed by atoms with Gasteiger partial charge in [-0.2, -0.15) is 0 Å². The molecule has 0 aliphatic carbocycles. The summed E-state index contributed by atoms with van der Waals surface area (Å²) in [5, 5.41) is 0. The van der Waals surface area contributed by atoms with Crippen LogP contribution in [0.1, 0.15) is 39.0 Å². The predicted octanol–water partition coefficient (Wildman–Crippen LogP) is 1.02. The van der Waals surface area contributed by atoms with Crippen molar-refractivity contribution in [3.05, 3.63) is 0 Å². The van der Waals surface area contributed by atoms with Crippen LogP contribution in [0.5, 0.6) is 0 Å². The fourth-order valence-electron chi connectivity index (χ4n) is 3.61. The number of Topliss-reactive ketones (excluding diaryl/α,β-unsaturated/α-hetero) is 1. The molecule has 3 heterocycles. The van der Waals surface area contributed by atoms with Gasteiger partial charge in [0.15, 0.2) is 11.4 Å². The first-order valence-electron chi connectivity index (χ1n) is 6.78. The highest BCUT2D eigenvalue weighted by molar-refractivity contribution is 5.95. The lowest BCUT2D eigenvalue weighted by molar-refractivity contribution is -0.167. The molecular formula is C13H17NO5. The first kappa shape index (κ1) is 12.4. The van der Waals surface area contributed by atoms with Gasteiger partial charge in [-0.1, -0.05) is 0 Å². The first-order chi connectivity index (χ1) is 9.08. The maximum Gasteiger partial charge on any atom is 0.410 e. The molecule has 2 bridgehead atoms. The molecule has 3 rings (SSSR count). The SMILES string of the molecule is CCOC(=O)N1[C@H]2CC[C@@H]1[C@]1(CCC(=O)O1)C(=O)C2. The Morgan fingerprint density at radius 3 is 2.89 bits per heavy atom. The summed E-state index contributed by atoms with van der Waals surface area (Å²) >= 11 is 0. The fraction of sp³-hybridized carbons (Fsp3) is 0.769. The van der Waals surface area contributed by atoms with E-state index in [-0.39, 0.29) is 36.7 Å². The number of nitrogens with zero attached hydrogens (tertiary/aromatic N) is 1. The summed E-state index contributed by atoms with van der Waals surface area (Å²) in [6.07, 6.45) is 1.98. The molecule has 1 spiro atoms. The molecule has 6 heteroatoms. The van der Waals surface area contributed by atoms with E-state index in [1.807, 2.05) is 0 Å². The lowest BCUT2D eigenvalue weighted by Gasteiger charge is -2.43. The molecular weight excluding hydrogens is 250 g/mol. The fourth-order valence-corrected chi connectivity index (χ4v) is 3.61. The van der Waals surface area contributed by atoms with Crippen LogP contribution in [-0.4, -0.2) is 47.0 Å². The summed E-state index contributed by atoms with van der Waals surface area (Å²) in [5.41, 5.74) is -1.10. The minimum absolute atomic E-state index is 0.0357. The number of hydrogen-bond donors (Lipinski definition) is 0. The minimum atomic E-state index is -1.10. The van der Waals surface area contributed by atoms with Crippen molar-refractivity contribution in [3.63, 3.8) is 0 Å². The normalized spacial score (nSPS) is 36.8. The zero-order chi connectivity index (χ0) is 13.6. The van der Waals surface area contributed by atoms with Crippen LogP contribution >= 0.6 is 0 Å². The van der Waals surface area contributed by atoms with Crippen LogP contribution in [-0.2, 0) is 19.1 Å². The molecule has 3 atom stereocenters. The summed E-state index contributed by atoms with van der Waals surface area (Å²) in [4.78, 5) is 37.4. The smallest absolute Gasteiger partial charge is 0.410 e. The number of amides is 1. The van der Waals surface area contributed by atoms with Gasteiger partial charge in [0.1, 0.15) is 0 Å². The van der Waals surface area contributed by atoms with Gasteiger partial charge >= 0.3 is 12.1 Å². The van der Waals surface area contributed by atoms with Gasteiger partial charge in [0.05, 0.1) is 12.6 Å². The van der Waals surface area contributed by atoms with E-state index in [0.717, 1.165) is 6.42 Å². The molecule has 0 aromatic carbocycles. The van der Waals surface area contributed by atoms with E-state index < -0.39 is 11.7 Å². The topological polar surface area (TPSA) is 72.9 Å². The van der Waals surface area contributed by atoms with Crippen LogP contribution in [0, 0.1) is 0 Å². The maximum atomic E-state index is 12.3. The molecule has 3 aliphatic heterocycles. The van der Waals surface area contributed by atoms with E-state index in [9.17, 15) is 14.4 Å². The number of carbonyl (C=O) groups excluding carboxylic acids is 3. The molecule has 0 aromatic heterocycles. The van der Waals surface area contributed by atoms with Crippen LogP contribution in [0.2, 0.25) is 0 Å². The quantitative estimate of drug-likeness (QED) is 0.663. The number of hydrogen-bond acceptors (Lipinski definition) is 5. The van der Waals surface area contributed by atoms with Gasteiger partial charge in [0, 0.05) is 25.3 Å². The van der Waals surface area contributed by atoms with Gasteiger partial charge < -0.3 is 9.47 Å². The van der Waals surface area contributed by atoms with Crippen molar-refractivity contribution in [1.29, 1.82) is 0 Å². The zero-order valence-electron chi connectivity index (χ0n) is 10.9. The summed E-state index contributed by atoms with van der Waals surface area (Å²) in [6.45, 7) is 2.05. The molecule has 19 heavy (non-hydrogen) atoms. The summed E-state index contributed by atoms with van der Waals surface area (Å²) in [7, 11) is 0. The average molecular weight is 267 g/mol. The number of fused-ring (bicyclic) bond motifs is 3. The number of esters is 1. The van der Waals surface area contributed by atoms with Gasteiger partial charge in [0.25, 0.3) is 0 Å². The number of ether oxygens (including phenoxy) is 2. The molecule has 0 aromatic rings. The highest BCUT2D eigenvalue weighted by atomic mass is 16.6. The second-order valence-electron chi connectivity index (χ2n) is 5.34. The van der Waals surface area contributed by atoms with E-state index in [2.05, 4.69) is 0 Å². The monoisotopic (exact) mass is 267 g/mol. The third kappa shape index (κ3) is 1.65. The Morgan fingerprint density at radius 2 is 2.26 bits per heavy atom. The van der Waals surface area contributed by atoms with Crippen molar-refractivity contribution in [2.24, 2.45) is 0 Å². The van der Waals surface area contributed by atoms with Crippen molar-refractivity contribution < 1.29 is 23.9 Å². The van der Waals surface area contributed by atoms with Gasteiger partial charge in [-0.3, -0.25) is 14.5 Å². The largest absolute Gasteiger partial charge is 0.450 e. The molecule has 0 unspecified atom stereocenters. The number of piperidine rings is 1. The molecule has 0 radical (unpaired) electrons. The van der Waals surface area contributed by atoms with Crippen LogP contribution in [0.3, 0.4) is 0 Å². The van der Waals surface area contributed by atoms with E-state index >= 15 is 0 Å². The highest BCUT2D eigenvalue weighted by Crippen LogP contribution is 2.46. The third-order valence-electron chi connectivity index (χ3n) is 4.41. The standard InChI is InChI=1S/C13H17NO5/c1-2-18-12(17)14-8-3-4-9(14)13(10(15)7-8)6-5-11(16)19-13/h8-9H,2-7H2,1H3/t8-,9+,13+/m0/s1. The van der Waals surface area contributed by atoms with Crippen LogP contribution < -0.4 is 0 Å². The molecule has 104 valence electrons. The Kier molecular flexibility index (Phi) is 2.76. The Labute approximate surface area is 111 Å². The van der Waals surface area contributed by atoms with Gasteiger partial charge in [0.2, 0.25) is 0 Å². The van der Waals surface area contributed by atoms with Crippen molar-refractivity contribution >= 4 is 17.8 Å². The van der Waals surface area contributed by atoms with E-state index in [4.69, 9.17) is 9.47 Å². The minimum Gasteiger partial charge on any atom is -0.450 e. The Balaban J connectivity index is 1.92. The van der Waals surface area contributed by atoms with E-state index in [1.165, 1.54) is 0 Å². The molecule has 3 aliphatic rings. The second kappa shape index (κ2) is 4.21. The summed E-state index contributed by atoms with van der Waals surface area (Å²) in [6, 6.07) is -0.439. The zero-order valence-corrected chi connectivity index (χ0v) is 10.9. The summed E-state index contributed by atoms with van der Waals surface area (Å²) < 4.78 is 10.4. The molecule has 1 amide bonds. The van der Waals surface area contributed by atoms with Crippen molar-refractivity contribution in [2.45, 2.75) is 56.7 Å². The van der Waals surface area contributed by atoms with Gasteiger partial charge in [-0.15, -0.1) is 0 Å². The second-order valence-corrected chi connectivity index (χ2v) is 5.34. The lowest BCUT2D eigenvalue weighted by atomic mass is 9.82. The third-order valence-corrected chi connectivity index (χ3v) is 4.41. The van der Waals surface area contributed by atoms with E-state index in [1.54, 1.807) is 11.8 Å². The Hall–Kier alpha value is -1.59. The predicted molar refractivity (Wildman–Crippen MR) is 63.4 cm³/mol. The average Bonchev–Trinajstić information content (AvgIpc) is 2.90. The number of ketones is 1. The Bertz CT molecular complexity index is 448. The van der Waals surface area contributed by atoms with Crippen LogP contribution in [0.4, 0.5) is 4.79 Å². The molecule has 3 fully saturated rings. The molecule has 0 saturated carbocycles. The summed E-state index contributed by atoms with van der Waals surface area (Å²) in [5.74, 6) is -0.381. The highest BCUT2D eigenvalue weighted by Gasteiger charge is 2.62. The van der Waals surface area contributed by atoms with Gasteiger partial charge in [-0.25, -0.2) is 4.79 Å². The van der Waals surface area contributed by atoms with Crippen molar-refractivity contribution in [1.82, 2.24) is 4.90 Å². The number of carbonyl (C=O) groups is 3. The molecule has 6 nitrogen and oxygen atoms in total. The van der Waals surface area contributed by atoms with Crippen LogP contribution in [0.25, 0.3) is 0 Å². The van der Waals surface area contributed by atoms with Gasteiger partial charge in [-0.05, 0) is 19.8 Å². The molecule has 3 saturated heterocycles. The first-order valence-corrected chi connectivity index (χ1v) is 6.78. The molecule has 0 N–H and O–H groups in total. The van der Waals surface area contributed by atoms with Crippen molar-refractivity contribution in [3.8, 4) is 0 Å². The Morgan fingerprint density at radius 1 is 1.47 bits per heavy atom.